The minimum Gasteiger partial charge on any atom is -0.325 e. The summed E-state index contributed by atoms with van der Waals surface area (Å²) in [4.78, 5) is 28.1. The molecule has 2 heterocycles. The maximum atomic E-state index is 14.0. The minimum absolute atomic E-state index is 0.151. The van der Waals surface area contributed by atoms with Gasteiger partial charge in [-0.25, -0.2) is 0 Å². The Kier molecular flexibility index (Phi) is 9.72. The highest BCUT2D eigenvalue weighted by molar-refractivity contribution is 6.00. The van der Waals surface area contributed by atoms with Gasteiger partial charge in [-0.05, 0) is 57.8 Å². The second kappa shape index (κ2) is 13.0. The number of ketones is 2. The van der Waals surface area contributed by atoms with E-state index in [4.69, 9.17) is 0 Å². The maximum Gasteiger partial charge on any atom is 0.171 e. The first-order valence-corrected chi connectivity index (χ1v) is 14.7. The van der Waals surface area contributed by atoms with Crippen LogP contribution in [0.3, 0.4) is 0 Å². The molecule has 2 aliphatic heterocycles. The van der Waals surface area contributed by atoms with Gasteiger partial charge in [-0.3, -0.25) is 9.59 Å². The average molecular weight is 505 g/mol. The molecule has 4 rings (SSSR count). The van der Waals surface area contributed by atoms with Crippen molar-refractivity contribution in [2.75, 3.05) is 53.4 Å². The molecule has 37 heavy (non-hydrogen) atoms. The number of hydrogen-bond donors (Lipinski definition) is 0. The van der Waals surface area contributed by atoms with Gasteiger partial charge in [-0.15, -0.1) is 0 Å². The molecule has 2 atom stereocenters. The highest BCUT2D eigenvalue weighted by atomic mass is 16.1. The van der Waals surface area contributed by atoms with Crippen molar-refractivity contribution in [1.29, 1.82) is 0 Å². The first kappa shape index (κ1) is 27.7. The molecule has 0 aromatic heterocycles. The van der Waals surface area contributed by atoms with Gasteiger partial charge in [0.15, 0.2) is 11.6 Å². The van der Waals surface area contributed by atoms with E-state index in [1.165, 1.54) is 51.4 Å². The van der Waals surface area contributed by atoms with E-state index in [9.17, 15) is 9.59 Å². The molecule has 4 nitrogen and oxygen atoms in total. The van der Waals surface area contributed by atoms with Gasteiger partial charge >= 0.3 is 0 Å². The SMILES string of the molecule is C[N+]1(C[C@@H](C[C@@H](C[N+]2(C)CCCCCC2)C(=O)c2ccccc2)C(=O)c2ccccc2)CCCCCC1. The Hall–Kier alpha value is -2.30. The van der Waals surface area contributed by atoms with Crippen LogP contribution in [0.2, 0.25) is 0 Å². The molecule has 2 aromatic carbocycles. The molecular weight excluding hydrogens is 456 g/mol. The normalized spacial score (nSPS) is 21.2. The van der Waals surface area contributed by atoms with Gasteiger partial charge < -0.3 is 8.97 Å². The molecule has 0 spiro atoms. The molecule has 0 bridgehead atoms. The third-order valence-electron chi connectivity index (χ3n) is 9.04. The van der Waals surface area contributed by atoms with Crippen molar-refractivity contribution in [3.63, 3.8) is 0 Å². The number of likely N-dealkylation sites (tertiary alicyclic amines) is 2. The van der Waals surface area contributed by atoms with Crippen LogP contribution in [0, 0.1) is 11.8 Å². The standard InChI is InChI=1S/C33H48N2O2/c1-34(21-13-3-4-14-22-34)26-30(32(36)28-17-9-7-10-18-28)25-31(33(37)29-19-11-8-12-20-29)27-35(2)23-15-5-6-16-24-35/h7-12,17-20,30-31H,3-6,13-16,21-27H2,1-2H3/q+2/t30-,31+. The van der Waals surface area contributed by atoms with E-state index in [1.54, 1.807) is 0 Å². The summed E-state index contributed by atoms with van der Waals surface area (Å²) in [5.41, 5.74) is 1.57. The Morgan fingerprint density at radius 3 is 1.22 bits per heavy atom. The number of hydrogen-bond acceptors (Lipinski definition) is 2. The molecule has 0 saturated carbocycles. The third kappa shape index (κ3) is 7.85. The summed E-state index contributed by atoms with van der Waals surface area (Å²) in [6, 6.07) is 19.6. The lowest BCUT2D eigenvalue weighted by Crippen LogP contribution is -2.52. The van der Waals surface area contributed by atoms with Crippen LogP contribution in [0.5, 0.6) is 0 Å². The third-order valence-corrected chi connectivity index (χ3v) is 9.04. The predicted octanol–water partition coefficient (Wildman–Crippen LogP) is 6.42. The van der Waals surface area contributed by atoms with Gasteiger partial charge in [0, 0.05) is 11.1 Å². The van der Waals surface area contributed by atoms with Crippen molar-refractivity contribution in [1.82, 2.24) is 0 Å². The molecule has 0 aliphatic carbocycles. The van der Waals surface area contributed by atoms with Gasteiger partial charge in [-0.1, -0.05) is 60.7 Å². The predicted molar refractivity (Wildman–Crippen MR) is 152 cm³/mol. The highest BCUT2D eigenvalue weighted by Gasteiger charge is 2.38. The summed E-state index contributed by atoms with van der Waals surface area (Å²) in [5.74, 6) is 0.130. The number of carbonyl (C=O) groups excluding carboxylic acids is 2. The van der Waals surface area contributed by atoms with Gasteiger partial charge in [-0.2, -0.15) is 0 Å². The zero-order valence-electron chi connectivity index (χ0n) is 23.2. The topological polar surface area (TPSA) is 34.1 Å². The fourth-order valence-electron chi connectivity index (χ4n) is 6.88. The van der Waals surface area contributed by atoms with Crippen LogP contribution in [0.15, 0.2) is 60.7 Å². The Morgan fingerprint density at radius 2 is 0.892 bits per heavy atom. The van der Waals surface area contributed by atoms with Crippen LogP contribution in [0.25, 0.3) is 0 Å². The zero-order chi connectivity index (χ0) is 26.1. The summed E-state index contributed by atoms with van der Waals surface area (Å²) < 4.78 is 1.89. The van der Waals surface area contributed by atoms with Gasteiger partial charge in [0.1, 0.15) is 0 Å². The van der Waals surface area contributed by atoms with Crippen molar-refractivity contribution in [2.24, 2.45) is 11.8 Å². The van der Waals surface area contributed by atoms with Crippen LogP contribution >= 0.6 is 0 Å². The molecule has 4 heteroatoms. The highest BCUT2D eigenvalue weighted by Crippen LogP contribution is 2.29. The number of benzene rings is 2. The van der Waals surface area contributed by atoms with Crippen LogP contribution < -0.4 is 0 Å². The second-order valence-electron chi connectivity index (χ2n) is 12.4. The largest absolute Gasteiger partial charge is 0.325 e. The molecule has 0 N–H and O–H groups in total. The van der Waals surface area contributed by atoms with Crippen LogP contribution in [0.4, 0.5) is 0 Å². The fraction of sp³-hybridized carbons (Fsp3) is 0.576. The quantitative estimate of drug-likeness (QED) is 0.277. The second-order valence-corrected chi connectivity index (χ2v) is 12.4. The van der Waals surface area contributed by atoms with E-state index < -0.39 is 0 Å². The van der Waals surface area contributed by atoms with Gasteiger partial charge in [0.05, 0.1) is 65.2 Å². The van der Waals surface area contributed by atoms with Crippen LogP contribution in [-0.2, 0) is 0 Å². The molecule has 0 radical (unpaired) electrons. The van der Waals surface area contributed by atoms with Crippen LogP contribution in [-0.4, -0.2) is 73.9 Å². The van der Waals surface area contributed by atoms with E-state index in [-0.39, 0.29) is 23.4 Å². The summed E-state index contributed by atoms with van der Waals surface area (Å²) >= 11 is 0. The Balaban J connectivity index is 1.65. The Bertz CT molecular complexity index is 906. The number of rotatable bonds is 10. The smallest absolute Gasteiger partial charge is 0.171 e. The van der Waals surface area contributed by atoms with Crippen molar-refractivity contribution in [3.8, 4) is 0 Å². The summed E-state index contributed by atoms with van der Waals surface area (Å²) in [5, 5.41) is 0. The van der Waals surface area contributed by atoms with E-state index >= 15 is 0 Å². The van der Waals surface area contributed by atoms with E-state index in [0.29, 0.717) is 6.42 Å². The summed E-state index contributed by atoms with van der Waals surface area (Å²) in [7, 11) is 4.68. The van der Waals surface area contributed by atoms with E-state index in [1.807, 2.05) is 60.7 Å². The fourth-order valence-corrected chi connectivity index (χ4v) is 6.88. The van der Waals surface area contributed by atoms with E-state index in [2.05, 4.69) is 14.1 Å². The van der Waals surface area contributed by atoms with Gasteiger partial charge in [0.2, 0.25) is 0 Å². The Morgan fingerprint density at radius 1 is 0.568 bits per heavy atom. The lowest BCUT2D eigenvalue weighted by Gasteiger charge is -2.39. The number of Topliss-reactive ketones (excluding diaryl/α,β-unsaturated/α-hetero) is 2. The molecule has 200 valence electrons. The molecule has 0 unspecified atom stereocenters. The molecule has 2 aliphatic rings. The lowest BCUT2D eigenvalue weighted by molar-refractivity contribution is -0.913. The van der Waals surface area contributed by atoms with Crippen LogP contribution in [0.1, 0.15) is 78.5 Å². The number of quaternary nitrogens is 2. The Labute approximate surface area is 224 Å². The molecular formula is C33H48N2O2+2. The van der Waals surface area contributed by atoms with Crippen molar-refractivity contribution < 1.29 is 18.6 Å². The monoisotopic (exact) mass is 504 g/mol. The first-order valence-electron chi connectivity index (χ1n) is 14.7. The average Bonchev–Trinajstić information content (AvgIpc) is 3.27. The zero-order valence-corrected chi connectivity index (χ0v) is 23.2. The maximum absolute atomic E-state index is 14.0. The molecule has 0 amide bonds. The minimum atomic E-state index is -0.151. The molecule has 2 aromatic rings. The lowest BCUT2D eigenvalue weighted by atomic mass is 9.83. The van der Waals surface area contributed by atoms with Crippen molar-refractivity contribution in [3.05, 3.63) is 71.8 Å². The summed E-state index contributed by atoms with van der Waals surface area (Å²) in [6.45, 7) is 6.17. The molecule has 2 fully saturated rings. The van der Waals surface area contributed by atoms with E-state index in [0.717, 1.165) is 59.4 Å². The first-order chi connectivity index (χ1) is 17.9. The number of carbonyl (C=O) groups is 2. The van der Waals surface area contributed by atoms with Crippen molar-refractivity contribution >= 4 is 11.6 Å². The molecule has 2 saturated heterocycles. The summed E-state index contributed by atoms with van der Waals surface area (Å²) in [6.07, 6.45) is 10.7. The number of nitrogens with zero attached hydrogens (tertiary/aromatic N) is 2. The van der Waals surface area contributed by atoms with Crippen molar-refractivity contribution in [2.45, 2.75) is 57.8 Å². The van der Waals surface area contributed by atoms with Gasteiger partial charge in [0.25, 0.3) is 0 Å².